The van der Waals surface area contributed by atoms with Gasteiger partial charge in [-0.15, -0.1) is 0 Å². The van der Waals surface area contributed by atoms with Gasteiger partial charge in [0.2, 0.25) is 0 Å². The molecule has 0 saturated carbocycles. The summed E-state index contributed by atoms with van der Waals surface area (Å²) in [4.78, 5) is 0. The molecule has 3 N–H and O–H groups in total. The lowest BCUT2D eigenvalue weighted by Gasteiger charge is -2.23. The number of anilines is 1. The van der Waals surface area contributed by atoms with Crippen LogP contribution in [0.1, 0.15) is 19.3 Å². The monoisotopic (exact) mass is 180 g/mol. The molecule has 2 rings (SSSR count). The van der Waals surface area contributed by atoms with Gasteiger partial charge in [-0.1, -0.05) is 6.42 Å². The number of hydrogen-bond donors (Lipinski definition) is 3. The fourth-order valence-corrected chi connectivity index (χ4v) is 1.69. The summed E-state index contributed by atoms with van der Waals surface area (Å²) in [6.07, 6.45) is 7.64. The van der Waals surface area contributed by atoms with Crippen molar-refractivity contribution >= 4 is 5.69 Å². The summed E-state index contributed by atoms with van der Waals surface area (Å²) in [5.74, 6) is 0. The predicted molar refractivity (Wildman–Crippen MR) is 52.7 cm³/mol. The van der Waals surface area contributed by atoms with Gasteiger partial charge in [0.25, 0.3) is 0 Å². The maximum atomic E-state index is 3.88. The number of rotatable bonds is 3. The Bertz CT molecular complexity index is 226. The van der Waals surface area contributed by atoms with E-state index in [0.717, 1.165) is 18.8 Å². The zero-order valence-corrected chi connectivity index (χ0v) is 7.71. The van der Waals surface area contributed by atoms with E-state index in [-0.39, 0.29) is 0 Å². The number of aromatic nitrogens is 2. The molecule has 1 fully saturated rings. The maximum Gasteiger partial charge on any atom is 0.0724 e. The second-order valence-corrected chi connectivity index (χ2v) is 3.51. The van der Waals surface area contributed by atoms with Gasteiger partial charge in [-0.2, -0.15) is 5.10 Å². The van der Waals surface area contributed by atoms with E-state index in [1.54, 1.807) is 0 Å². The Morgan fingerprint density at radius 2 is 2.54 bits per heavy atom. The van der Waals surface area contributed by atoms with Crippen LogP contribution in [-0.2, 0) is 0 Å². The van der Waals surface area contributed by atoms with Gasteiger partial charge in [0.15, 0.2) is 0 Å². The third-order valence-corrected chi connectivity index (χ3v) is 2.46. The highest BCUT2D eigenvalue weighted by molar-refractivity contribution is 5.37. The first-order chi connectivity index (χ1) is 6.45. The van der Waals surface area contributed by atoms with Crippen LogP contribution in [0.2, 0.25) is 0 Å². The smallest absolute Gasteiger partial charge is 0.0724 e. The van der Waals surface area contributed by atoms with Gasteiger partial charge in [0.1, 0.15) is 0 Å². The number of H-pyrrole nitrogens is 1. The van der Waals surface area contributed by atoms with Crippen molar-refractivity contribution in [2.45, 2.75) is 25.3 Å². The summed E-state index contributed by atoms with van der Waals surface area (Å²) in [5, 5.41) is 13.5. The molecule has 0 amide bonds. The molecule has 0 aromatic carbocycles. The Morgan fingerprint density at radius 1 is 1.54 bits per heavy atom. The van der Waals surface area contributed by atoms with Crippen molar-refractivity contribution < 1.29 is 0 Å². The highest BCUT2D eigenvalue weighted by atomic mass is 15.1. The molecule has 0 bridgehead atoms. The Kier molecular flexibility index (Phi) is 2.82. The van der Waals surface area contributed by atoms with E-state index in [2.05, 4.69) is 20.8 Å². The average molecular weight is 180 g/mol. The molecule has 1 atom stereocenters. The molecule has 0 aliphatic carbocycles. The van der Waals surface area contributed by atoms with Crippen LogP contribution in [0.4, 0.5) is 5.69 Å². The Labute approximate surface area is 78.1 Å². The third-order valence-electron chi connectivity index (χ3n) is 2.46. The van der Waals surface area contributed by atoms with E-state index >= 15 is 0 Å². The predicted octanol–water partition coefficient (Wildman–Crippen LogP) is 0.964. The van der Waals surface area contributed by atoms with Gasteiger partial charge in [-0.3, -0.25) is 5.10 Å². The minimum absolute atomic E-state index is 0.628. The third kappa shape index (κ3) is 2.45. The van der Waals surface area contributed by atoms with Gasteiger partial charge in [-0.05, 0) is 19.4 Å². The van der Waals surface area contributed by atoms with Crippen LogP contribution in [0.5, 0.6) is 0 Å². The van der Waals surface area contributed by atoms with Crippen LogP contribution in [0.15, 0.2) is 12.4 Å². The lowest BCUT2D eigenvalue weighted by atomic mass is 10.1. The summed E-state index contributed by atoms with van der Waals surface area (Å²) in [6.45, 7) is 2.16. The molecule has 13 heavy (non-hydrogen) atoms. The normalized spacial score (nSPS) is 22.9. The molecule has 1 aliphatic rings. The van der Waals surface area contributed by atoms with Gasteiger partial charge < -0.3 is 10.6 Å². The largest absolute Gasteiger partial charge is 0.381 e. The Hall–Kier alpha value is -1.03. The molecule has 1 aromatic rings. The number of aromatic amines is 1. The molecule has 1 aliphatic heterocycles. The SMILES string of the molecule is c1n[nH]cc1NCC1CCCCN1. The van der Waals surface area contributed by atoms with Crippen LogP contribution >= 0.6 is 0 Å². The number of nitrogens with one attached hydrogen (secondary N) is 3. The second kappa shape index (κ2) is 4.28. The van der Waals surface area contributed by atoms with Crippen molar-refractivity contribution in [3.05, 3.63) is 12.4 Å². The molecule has 72 valence electrons. The zero-order chi connectivity index (χ0) is 8.93. The Balaban J connectivity index is 1.72. The number of nitrogens with zero attached hydrogens (tertiary/aromatic N) is 1. The molecule has 0 radical (unpaired) electrons. The van der Waals surface area contributed by atoms with Crippen LogP contribution in [-0.4, -0.2) is 29.3 Å². The summed E-state index contributed by atoms with van der Waals surface area (Å²) < 4.78 is 0. The van der Waals surface area contributed by atoms with Crippen molar-refractivity contribution in [2.75, 3.05) is 18.4 Å². The van der Waals surface area contributed by atoms with Gasteiger partial charge in [0.05, 0.1) is 11.9 Å². The number of piperidine rings is 1. The van der Waals surface area contributed by atoms with Gasteiger partial charge in [0, 0.05) is 18.8 Å². The Morgan fingerprint density at radius 3 is 3.23 bits per heavy atom. The molecule has 1 saturated heterocycles. The van der Waals surface area contributed by atoms with E-state index in [1.165, 1.54) is 19.3 Å². The summed E-state index contributed by atoms with van der Waals surface area (Å²) in [6, 6.07) is 0.628. The topological polar surface area (TPSA) is 52.7 Å². The molecule has 4 nitrogen and oxygen atoms in total. The second-order valence-electron chi connectivity index (χ2n) is 3.51. The molecular formula is C9H16N4. The van der Waals surface area contributed by atoms with E-state index in [1.807, 2.05) is 12.4 Å². The van der Waals surface area contributed by atoms with Gasteiger partial charge in [-0.25, -0.2) is 0 Å². The molecule has 4 heteroatoms. The fraction of sp³-hybridized carbons (Fsp3) is 0.667. The minimum Gasteiger partial charge on any atom is -0.381 e. The van der Waals surface area contributed by atoms with Crippen LogP contribution < -0.4 is 10.6 Å². The van der Waals surface area contributed by atoms with E-state index < -0.39 is 0 Å². The van der Waals surface area contributed by atoms with Crippen molar-refractivity contribution in [2.24, 2.45) is 0 Å². The molecule has 1 unspecified atom stereocenters. The minimum atomic E-state index is 0.628. The van der Waals surface area contributed by atoms with Crippen molar-refractivity contribution in [3.8, 4) is 0 Å². The van der Waals surface area contributed by atoms with Crippen molar-refractivity contribution in [1.82, 2.24) is 15.5 Å². The van der Waals surface area contributed by atoms with Crippen molar-refractivity contribution in [3.63, 3.8) is 0 Å². The molecular weight excluding hydrogens is 164 g/mol. The lowest BCUT2D eigenvalue weighted by Crippen LogP contribution is -2.39. The zero-order valence-electron chi connectivity index (χ0n) is 7.71. The van der Waals surface area contributed by atoms with E-state index in [9.17, 15) is 0 Å². The lowest BCUT2D eigenvalue weighted by molar-refractivity contribution is 0.414. The first-order valence-corrected chi connectivity index (χ1v) is 4.91. The molecule has 0 spiro atoms. The molecule has 1 aromatic heterocycles. The van der Waals surface area contributed by atoms with Crippen LogP contribution in [0, 0.1) is 0 Å². The quantitative estimate of drug-likeness (QED) is 0.649. The summed E-state index contributed by atoms with van der Waals surface area (Å²) >= 11 is 0. The fourth-order valence-electron chi connectivity index (χ4n) is 1.69. The summed E-state index contributed by atoms with van der Waals surface area (Å²) in [7, 11) is 0. The summed E-state index contributed by atoms with van der Waals surface area (Å²) in [5.41, 5.74) is 1.08. The first kappa shape index (κ1) is 8.56. The van der Waals surface area contributed by atoms with Crippen LogP contribution in [0.3, 0.4) is 0 Å². The van der Waals surface area contributed by atoms with E-state index in [0.29, 0.717) is 6.04 Å². The van der Waals surface area contributed by atoms with Crippen LogP contribution in [0.25, 0.3) is 0 Å². The maximum absolute atomic E-state index is 3.88. The highest BCUT2D eigenvalue weighted by Gasteiger charge is 2.11. The average Bonchev–Trinajstić information content (AvgIpc) is 2.69. The van der Waals surface area contributed by atoms with Gasteiger partial charge >= 0.3 is 0 Å². The van der Waals surface area contributed by atoms with Crippen molar-refractivity contribution in [1.29, 1.82) is 0 Å². The first-order valence-electron chi connectivity index (χ1n) is 4.91. The standard InChI is InChI=1S/C9H16N4/c1-2-4-10-8(3-1)5-11-9-6-12-13-7-9/h6-8,10-11H,1-5H2,(H,12,13). The molecule has 2 heterocycles. The number of hydrogen-bond acceptors (Lipinski definition) is 3. The highest BCUT2D eigenvalue weighted by Crippen LogP contribution is 2.08. The van der Waals surface area contributed by atoms with E-state index in [4.69, 9.17) is 0 Å².